The molecule has 1 heterocycles. The maximum atomic E-state index is 12.2. The molecule has 10 nitrogen and oxygen atoms in total. The molecule has 3 rings (SSSR count). The van der Waals surface area contributed by atoms with E-state index in [1.54, 1.807) is 6.07 Å². The highest BCUT2D eigenvalue weighted by molar-refractivity contribution is 5.87. The normalized spacial score (nSPS) is 10.9. The summed E-state index contributed by atoms with van der Waals surface area (Å²) in [7, 11) is 2.91. The van der Waals surface area contributed by atoms with Gasteiger partial charge in [-0.05, 0) is 18.2 Å². The second-order valence-corrected chi connectivity index (χ2v) is 5.87. The van der Waals surface area contributed by atoms with E-state index in [4.69, 9.17) is 14.2 Å². The molecule has 0 atom stereocenters. The molecule has 10 heteroatoms. The number of benzene rings is 2. The van der Waals surface area contributed by atoms with Crippen molar-refractivity contribution < 1.29 is 23.8 Å². The summed E-state index contributed by atoms with van der Waals surface area (Å²) in [5.41, 5.74) is 4.40. The van der Waals surface area contributed by atoms with E-state index in [1.165, 1.54) is 38.1 Å². The van der Waals surface area contributed by atoms with Crippen molar-refractivity contribution >= 4 is 29.1 Å². The highest BCUT2D eigenvalue weighted by Crippen LogP contribution is 2.34. The number of amides is 1. The van der Waals surface area contributed by atoms with E-state index in [1.807, 2.05) is 24.3 Å². The van der Waals surface area contributed by atoms with Gasteiger partial charge in [0.25, 0.3) is 5.91 Å². The third-order valence-corrected chi connectivity index (χ3v) is 3.88. The summed E-state index contributed by atoms with van der Waals surface area (Å²) in [5.74, 6) is 0.0697. The molecule has 29 heavy (non-hydrogen) atoms. The Balaban J connectivity index is 1.72. The lowest BCUT2D eigenvalue weighted by Crippen LogP contribution is -2.23. The van der Waals surface area contributed by atoms with E-state index >= 15 is 0 Å². The van der Waals surface area contributed by atoms with Crippen molar-refractivity contribution in [1.29, 1.82) is 0 Å². The lowest BCUT2D eigenvalue weighted by atomic mass is 10.2. The molecule has 0 spiro atoms. The van der Waals surface area contributed by atoms with Gasteiger partial charge in [-0.25, -0.2) is 10.1 Å². The van der Waals surface area contributed by atoms with Crippen LogP contribution in [0.5, 0.6) is 17.2 Å². The topological polar surface area (TPSA) is 117 Å². The largest absolute Gasteiger partial charge is 0.496 e. The first-order valence-electron chi connectivity index (χ1n) is 8.56. The fourth-order valence-corrected chi connectivity index (χ4v) is 2.61. The average Bonchev–Trinajstić information content (AvgIpc) is 3.11. The molecular formula is C19H19N5O5. The first-order valence-corrected chi connectivity index (χ1v) is 8.56. The van der Waals surface area contributed by atoms with Gasteiger partial charge in [0.05, 0.1) is 26.0 Å². The minimum absolute atomic E-state index is 0.0380. The van der Waals surface area contributed by atoms with Gasteiger partial charge in [0.15, 0.2) is 11.5 Å². The number of para-hydroxylation sites is 1. The van der Waals surface area contributed by atoms with Gasteiger partial charge in [-0.1, -0.05) is 17.3 Å². The summed E-state index contributed by atoms with van der Waals surface area (Å²) in [6, 6.07) is 10.4. The van der Waals surface area contributed by atoms with Crippen LogP contribution in [-0.2, 0) is 16.1 Å². The minimum atomic E-state index is -0.486. The summed E-state index contributed by atoms with van der Waals surface area (Å²) in [6.45, 7) is 1.25. The smallest absolute Gasteiger partial charge is 0.308 e. The summed E-state index contributed by atoms with van der Waals surface area (Å²) in [5, 5.41) is 11.9. The molecule has 150 valence electrons. The molecule has 0 fully saturated rings. The Bertz CT molecular complexity index is 1080. The molecule has 1 amide bonds. The number of nitrogens with zero attached hydrogens (tertiary/aromatic N) is 4. The number of rotatable bonds is 7. The van der Waals surface area contributed by atoms with Gasteiger partial charge in [-0.15, -0.1) is 5.10 Å². The zero-order valence-corrected chi connectivity index (χ0v) is 16.1. The third-order valence-electron chi connectivity index (χ3n) is 3.88. The van der Waals surface area contributed by atoms with Crippen molar-refractivity contribution in [2.24, 2.45) is 5.10 Å². The lowest BCUT2D eigenvalue weighted by molar-refractivity contribution is -0.132. The van der Waals surface area contributed by atoms with E-state index in [2.05, 4.69) is 20.8 Å². The molecule has 0 bridgehead atoms. The van der Waals surface area contributed by atoms with Crippen LogP contribution in [0.2, 0.25) is 0 Å². The molecule has 2 aromatic carbocycles. The number of carbonyl (C=O) groups excluding carboxylic acids is 2. The number of carbonyl (C=O) groups is 2. The Morgan fingerprint density at radius 2 is 1.90 bits per heavy atom. The minimum Gasteiger partial charge on any atom is -0.496 e. The van der Waals surface area contributed by atoms with Crippen LogP contribution in [0.15, 0.2) is 41.5 Å². The number of hydrazone groups is 1. The predicted molar refractivity (Wildman–Crippen MR) is 104 cm³/mol. The van der Waals surface area contributed by atoms with Crippen LogP contribution in [-0.4, -0.2) is 47.3 Å². The van der Waals surface area contributed by atoms with E-state index < -0.39 is 5.97 Å². The quantitative estimate of drug-likeness (QED) is 0.278. The highest BCUT2D eigenvalue weighted by Gasteiger charge is 2.13. The van der Waals surface area contributed by atoms with Crippen LogP contribution >= 0.6 is 0 Å². The first kappa shape index (κ1) is 19.8. The van der Waals surface area contributed by atoms with Gasteiger partial charge in [-0.3, -0.25) is 9.59 Å². The van der Waals surface area contributed by atoms with Crippen LogP contribution in [0.4, 0.5) is 0 Å². The van der Waals surface area contributed by atoms with Crippen LogP contribution in [0, 0.1) is 0 Å². The molecule has 3 aromatic rings. The third kappa shape index (κ3) is 4.67. The van der Waals surface area contributed by atoms with Crippen molar-refractivity contribution in [3.05, 3.63) is 42.0 Å². The van der Waals surface area contributed by atoms with Crippen molar-refractivity contribution in [3.8, 4) is 17.2 Å². The number of esters is 1. The fraction of sp³-hybridized carbons (Fsp3) is 0.211. The van der Waals surface area contributed by atoms with Crippen molar-refractivity contribution in [1.82, 2.24) is 20.4 Å². The molecule has 1 N–H and O–H groups in total. The second-order valence-electron chi connectivity index (χ2n) is 5.87. The van der Waals surface area contributed by atoms with Crippen molar-refractivity contribution in [3.63, 3.8) is 0 Å². The van der Waals surface area contributed by atoms with Crippen LogP contribution in [0.25, 0.3) is 11.0 Å². The maximum Gasteiger partial charge on any atom is 0.308 e. The monoisotopic (exact) mass is 397 g/mol. The predicted octanol–water partition coefficient (Wildman–Crippen LogP) is 1.52. The molecular weight excluding hydrogens is 378 g/mol. The molecule has 0 unspecified atom stereocenters. The summed E-state index contributed by atoms with van der Waals surface area (Å²) < 4.78 is 17.1. The van der Waals surface area contributed by atoms with E-state index in [-0.39, 0.29) is 18.2 Å². The zero-order chi connectivity index (χ0) is 20.8. The highest BCUT2D eigenvalue weighted by atomic mass is 16.6. The molecule has 0 radical (unpaired) electrons. The molecule has 0 aliphatic heterocycles. The van der Waals surface area contributed by atoms with Gasteiger partial charge in [0, 0.05) is 18.6 Å². The number of nitrogens with one attached hydrogen (secondary N) is 1. The Morgan fingerprint density at radius 3 is 2.62 bits per heavy atom. The Hall–Kier alpha value is -3.95. The van der Waals surface area contributed by atoms with Crippen molar-refractivity contribution in [2.75, 3.05) is 14.2 Å². The first-order chi connectivity index (χ1) is 14.0. The van der Waals surface area contributed by atoms with Gasteiger partial charge in [0.2, 0.25) is 0 Å². The maximum absolute atomic E-state index is 12.2. The molecule has 0 aliphatic rings. The Morgan fingerprint density at radius 1 is 1.14 bits per heavy atom. The van der Waals surface area contributed by atoms with E-state index in [9.17, 15) is 9.59 Å². The Labute approximate surface area is 166 Å². The fourth-order valence-electron chi connectivity index (χ4n) is 2.61. The molecule has 0 aliphatic carbocycles. The molecule has 1 aromatic heterocycles. The molecule has 0 saturated heterocycles. The van der Waals surface area contributed by atoms with Crippen molar-refractivity contribution in [2.45, 2.75) is 13.5 Å². The van der Waals surface area contributed by atoms with Gasteiger partial charge >= 0.3 is 5.97 Å². The van der Waals surface area contributed by atoms with Gasteiger partial charge in [-0.2, -0.15) is 5.10 Å². The summed E-state index contributed by atoms with van der Waals surface area (Å²) in [4.78, 5) is 23.4. The zero-order valence-electron chi connectivity index (χ0n) is 16.1. The summed E-state index contributed by atoms with van der Waals surface area (Å²) in [6.07, 6.45) is 1.40. The van der Waals surface area contributed by atoms with E-state index in [0.717, 1.165) is 5.52 Å². The Kier molecular flexibility index (Phi) is 6.03. The number of hydrogen-bond acceptors (Lipinski definition) is 8. The van der Waals surface area contributed by atoms with Crippen LogP contribution in [0.3, 0.4) is 0 Å². The number of fused-ring (bicyclic) bond motifs is 1. The van der Waals surface area contributed by atoms with E-state index in [0.29, 0.717) is 22.6 Å². The van der Waals surface area contributed by atoms with Crippen LogP contribution < -0.4 is 19.6 Å². The average molecular weight is 397 g/mol. The van der Waals surface area contributed by atoms with Crippen LogP contribution in [0.1, 0.15) is 12.5 Å². The standard InChI is InChI=1S/C19H19N5O5/c1-12(25)29-18-9-16(27-2)13(8-17(18)28-3)10-20-22-19(26)11-24-15-7-5-4-6-14(15)21-23-24/h4-10H,11H2,1-3H3,(H,22,26)/b20-10-. The van der Waals surface area contributed by atoms with Gasteiger partial charge in [0.1, 0.15) is 17.8 Å². The number of hydrogen-bond donors (Lipinski definition) is 1. The number of ether oxygens (including phenoxy) is 3. The molecule has 0 saturated carbocycles. The second kappa shape index (κ2) is 8.83. The van der Waals surface area contributed by atoms with Gasteiger partial charge < -0.3 is 14.2 Å². The summed E-state index contributed by atoms with van der Waals surface area (Å²) >= 11 is 0. The number of methoxy groups -OCH3 is 2. The lowest BCUT2D eigenvalue weighted by Gasteiger charge is -2.12. The SMILES string of the molecule is COc1cc(OC(C)=O)c(OC)cc1/C=N\NC(=O)Cn1nnc2ccccc21. The number of aromatic nitrogens is 3.